The molecule has 0 spiro atoms. The summed E-state index contributed by atoms with van der Waals surface area (Å²) in [5, 5.41) is 15.2. The zero-order valence-electron chi connectivity index (χ0n) is 46.7. The minimum absolute atomic E-state index is 0.0489. The summed E-state index contributed by atoms with van der Waals surface area (Å²) in [5.74, 6) is -11.3. The van der Waals surface area contributed by atoms with Crippen LogP contribution in [-0.4, -0.2) is 165 Å². The first-order valence-corrected chi connectivity index (χ1v) is 27.3. The predicted molar refractivity (Wildman–Crippen MR) is 285 cm³/mol. The first-order valence-electron chi connectivity index (χ1n) is 27.3. The highest BCUT2D eigenvalue weighted by Gasteiger charge is 2.50. The Balaban J connectivity index is 0.000000200. The highest BCUT2D eigenvalue weighted by molar-refractivity contribution is 5.92. The van der Waals surface area contributed by atoms with Crippen LogP contribution in [-0.2, 0) is 54.7 Å². The smallest absolute Gasteiger partial charge is 0.408 e. The fourth-order valence-electron chi connectivity index (χ4n) is 10.4. The van der Waals surface area contributed by atoms with E-state index in [2.05, 4.69) is 30.6 Å². The van der Waals surface area contributed by atoms with Crippen molar-refractivity contribution in [3.05, 3.63) is 84.2 Å². The van der Waals surface area contributed by atoms with Gasteiger partial charge in [0.1, 0.15) is 48.6 Å². The molecule has 3 N–H and O–H groups in total. The van der Waals surface area contributed by atoms with Gasteiger partial charge < -0.3 is 58.7 Å². The molecule has 6 heterocycles. The summed E-state index contributed by atoms with van der Waals surface area (Å²) in [5.41, 5.74) is -1.93. The molecular formula is C57H66F4N8O14. The van der Waals surface area contributed by atoms with Gasteiger partial charge in [-0.15, -0.1) is 0 Å². The van der Waals surface area contributed by atoms with Crippen molar-refractivity contribution in [1.29, 1.82) is 0 Å². The summed E-state index contributed by atoms with van der Waals surface area (Å²) in [6, 6.07) is 8.38. The lowest BCUT2D eigenvalue weighted by Gasteiger charge is -2.37. The number of carboxylic acids is 1. The Morgan fingerprint density at radius 2 is 0.964 bits per heavy atom. The Hall–Kier alpha value is -7.74. The molecule has 26 heteroatoms. The van der Waals surface area contributed by atoms with Gasteiger partial charge in [-0.1, -0.05) is 78.0 Å². The van der Waals surface area contributed by atoms with Gasteiger partial charge in [0.2, 0.25) is 23.6 Å². The number of methoxy groups -OCH3 is 1. The number of carboxylic acid groups (broad SMARTS) is 1. The van der Waals surface area contributed by atoms with E-state index in [1.165, 1.54) is 18.1 Å². The van der Waals surface area contributed by atoms with Crippen LogP contribution >= 0.6 is 0 Å². The van der Waals surface area contributed by atoms with E-state index in [0.717, 1.165) is 11.0 Å². The molecule has 0 radical (unpaired) electrons. The minimum atomic E-state index is -3.62. The number of ether oxygens (including phenoxy) is 7. The number of nitrogens with zero attached hydrogens (tertiary/aromatic N) is 6. The van der Waals surface area contributed by atoms with Gasteiger partial charge in [0, 0.05) is 12.8 Å². The zero-order valence-corrected chi connectivity index (χ0v) is 46.7. The lowest BCUT2D eigenvalue weighted by Crippen LogP contribution is -2.58. The molecule has 2 aromatic heterocycles. The number of para-hydroxylation sites is 4. The number of hydrogen-bond donors (Lipinski definition) is 3. The summed E-state index contributed by atoms with van der Waals surface area (Å²) in [4.78, 5) is 97.6. The Kier molecular flexibility index (Phi) is 17.2. The van der Waals surface area contributed by atoms with Crippen LogP contribution in [0.3, 0.4) is 0 Å². The summed E-state index contributed by atoms with van der Waals surface area (Å²) in [7, 11) is 1.19. The van der Waals surface area contributed by atoms with Crippen LogP contribution in [0.25, 0.3) is 22.1 Å². The Morgan fingerprint density at radius 3 is 1.33 bits per heavy atom. The number of alkyl halides is 4. The van der Waals surface area contributed by atoms with E-state index in [-0.39, 0.29) is 50.2 Å². The van der Waals surface area contributed by atoms with Crippen molar-refractivity contribution in [2.45, 2.75) is 153 Å². The van der Waals surface area contributed by atoms with Crippen LogP contribution in [0.15, 0.2) is 72.8 Å². The van der Waals surface area contributed by atoms with Crippen LogP contribution in [0.5, 0.6) is 11.8 Å². The number of rotatable bonds is 2. The number of esters is 1. The number of nitrogens with one attached hydrogen (secondary N) is 2. The molecule has 2 aliphatic carbocycles. The number of fused-ring (bicyclic) bond motifs is 10. The number of aliphatic carboxylic acids is 1. The monoisotopic (exact) mass is 1160 g/mol. The van der Waals surface area contributed by atoms with Crippen molar-refractivity contribution < 1.29 is 84.6 Å². The molecule has 0 unspecified atom stereocenters. The topological polar surface area (TPSA) is 269 Å². The molecule has 83 heavy (non-hydrogen) atoms. The molecular weight excluding hydrogens is 1100 g/mol. The standard InChI is InChI=1S/C29H34F2N4O7.C28H32F2N4O7/c1-28(2,3)23-25(36)35-15-16(14-19(35)26(37)39-4)41-24-22(32-17-8-5-6-9-18(17)33-24)29(30,31)12-7-13-40-20-10-11-21(20)42-27(38)34-23;1-27(2,3)22-24(35)34-14-15(13-18(34)25(36)37)40-23-21(31-16-7-4-5-8-17(16)32-23)28(29,30)11-6-12-39-19-9-10-20(19)41-26(38)33-22/h5-9,12,16,19-21,23H,10-11,13-15H2,1-4H3,(H,34,38);4-8,11,15,18-20,22H,9-10,12-14H2,1-3H3,(H,33,38)(H,36,37)/b12-7+;11-6+/t16-,19+,20-,21-,23-;15-,18+,19-,20-,22-/m11/s1. The largest absolute Gasteiger partial charge is 0.480 e. The second kappa shape index (κ2) is 23.9. The van der Waals surface area contributed by atoms with Crippen LogP contribution < -0.4 is 20.1 Å². The van der Waals surface area contributed by atoms with E-state index in [9.17, 15) is 33.9 Å². The van der Waals surface area contributed by atoms with Crippen molar-refractivity contribution in [3.8, 4) is 11.8 Å². The van der Waals surface area contributed by atoms with Crippen molar-refractivity contribution in [1.82, 2.24) is 40.4 Å². The van der Waals surface area contributed by atoms with Gasteiger partial charge in [0.15, 0.2) is 11.4 Å². The number of carbonyl (C=O) groups is 6. The number of allylic oxidation sites excluding steroid dienone is 2. The third-order valence-corrected chi connectivity index (χ3v) is 15.2. The molecule has 4 fully saturated rings. The third kappa shape index (κ3) is 13.4. The van der Waals surface area contributed by atoms with E-state index < -0.39 is 143 Å². The van der Waals surface area contributed by atoms with Crippen molar-refractivity contribution in [2.24, 2.45) is 10.8 Å². The molecule has 2 saturated carbocycles. The second-order valence-electron chi connectivity index (χ2n) is 23.3. The van der Waals surface area contributed by atoms with Crippen LogP contribution in [0.1, 0.15) is 91.5 Å². The van der Waals surface area contributed by atoms with Gasteiger partial charge in [0.05, 0.1) is 67.7 Å². The third-order valence-electron chi connectivity index (χ3n) is 15.2. The van der Waals surface area contributed by atoms with Gasteiger partial charge in [0.25, 0.3) is 0 Å². The maximum absolute atomic E-state index is 15.6. The van der Waals surface area contributed by atoms with Gasteiger partial charge in [-0.3, -0.25) is 9.59 Å². The summed E-state index contributed by atoms with van der Waals surface area (Å²) < 4.78 is 101. The second-order valence-corrected chi connectivity index (χ2v) is 23.3. The molecule has 22 nitrogen and oxygen atoms in total. The molecule has 10 rings (SSSR count). The summed E-state index contributed by atoms with van der Waals surface area (Å²) >= 11 is 0. The van der Waals surface area contributed by atoms with Crippen LogP contribution in [0.4, 0.5) is 27.2 Å². The molecule has 10 atom stereocenters. The Bertz CT molecular complexity index is 3190. The van der Waals surface area contributed by atoms with Crippen molar-refractivity contribution in [2.75, 3.05) is 33.4 Å². The highest BCUT2D eigenvalue weighted by atomic mass is 19.3. The number of hydrogen-bond acceptors (Lipinski definition) is 17. The number of aromatic nitrogens is 4. The molecule has 4 aromatic rings. The Morgan fingerprint density at radius 1 is 0.590 bits per heavy atom. The van der Waals surface area contributed by atoms with Gasteiger partial charge in [-0.2, -0.15) is 17.6 Å². The normalized spacial score (nSPS) is 29.2. The van der Waals surface area contributed by atoms with Gasteiger partial charge in [-0.05, 0) is 72.9 Å². The molecule has 2 saturated heterocycles. The predicted octanol–water partition coefficient (Wildman–Crippen LogP) is 6.91. The minimum Gasteiger partial charge on any atom is -0.480 e. The lowest BCUT2D eigenvalue weighted by atomic mass is 9.85. The SMILES string of the molecule is CC(C)(C)[C@@H]1NC(=O)O[C@@H]2CC[C@H]2OC/C=C/C(F)(F)c2nc3ccccc3nc2O[C@@H]2C[C@@H](C(=O)O)N(C2)C1=O.COC(=O)[C@@H]1C[C@@H]2CN1C(=O)[C@H](C(C)(C)C)NC(=O)O[C@@H]1CC[C@H]1OC/C=C/C(F)(F)c1nc3ccccc3nc1O2. The number of carbonyl (C=O) groups excluding carboxylic acids is 5. The van der Waals surface area contributed by atoms with Crippen molar-refractivity contribution >= 4 is 58.0 Å². The van der Waals surface area contributed by atoms with Crippen molar-refractivity contribution in [3.63, 3.8) is 0 Å². The van der Waals surface area contributed by atoms with E-state index in [0.29, 0.717) is 48.9 Å². The Labute approximate surface area is 474 Å². The lowest BCUT2D eigenvalue weighted by molar-refractivity contribution is -0.152. The number of alkyl carbamates (subject to hydrolysis) is 2. The number of halogens is 4. The molecule has 446 valence electrons. The van der Waals surface area contributed by atoms with E-state index in [1.54, 1.807) is 90.1 Å². The fourth-order valence-corrected chi connectivity index (χ4v) is 10.4. The molecule has 4 aliphatic heterocycles. The fraction of sp³-hybridized carbons (Fsp3) is 0.544. The van der Waals surface area contributed by atoms with E-state index in [1.807, 2.05) is 0 Å². The average Bonchev–Trinajstić information content (AvgIpc) is 3.76. The average molecular weight is 1160 g/mol. The molecule has 6 aliphatic rings. The number of benzene rings is 2. The molecule has 4 amide bonds. The van der Waals surface area contributed by atoms with Crippen LogP contribution in [0, 0.1) is 10.8 Å². The maximum Gasteiger partial charge on any atom is 0.408 e. The summed E-state index contributed by atoms with van der Waals surface area (Å²) in [6.07, 6.45) is -0.185. The zero-order chi connectivity index (χ0) is 59.8. The molecule has 4 bridgehead atoms. The number of amides is 4. The van der Waals surface area contributed by atoms with E-state index >= 15 is 17.6 Å². The van der Waals surface area contributed by atoms with Gasteiger partial charge >= 0.3 is 36.0 Å². The maximum atomic E-state index is 15.6. The summed E-state index contributed by atoms with van der Waals surface area (Å²) in [6.45, 7) is 9.77. The first-order chi connectivity index (χ1) is 39.2. The van der Waals surface area contributed by atoms with Gasteiger partial charge in [-0.25, -0.2) is 39.1 Å². The first kappa shape index (κ1) is 59.9. The quantitative estimate of drug-likeness (QED) is 0.0796. The van der Waals surface area contributed by atoms with E-state index in [4.69, 9.17) is 33.2 Å². The molecule has 2 aromatic carbocycles. The van der Waals surface area contributed by atoms with Crippen LogP contribution in [0.2, 0.25) is 0 Å². The highest BCUT2D eigenvalue weighted by Crippen LogP contribution is 2.40.